The Morgan fingerprint density at radius 1 is 1.12 bits per heavy atom. The van der Waals surface area contributed by atoms with Crippen molar-refractivity contribution in [1.82, 2.24) is 4.98 Å². The molecule has 3 nitrogen and oxygen atoms in total. The van der Waals surface area contributed by atoms with Gasteiger partial charge in [0.05, 0.1) is 11.2 Å². The molecule has 1 aliphatic rings. The minimum absolute atomic E-state index is 0.123. The number of hydrogen-bond acceptors (Lipinski definition) is 3. The normalized spacial score (nSPS) is 21.8. The molecular weight excluding hydrogens is 213 g/mol. The van der Waals surface area contributed by atoms with Crippen LogP contribution in [0.15, 0.2) is 24.4 Å². The quantitative estimate of drug-likeness (QED) is 0.752. The first kappa shape index (κ1) is 12.6. The van der Waals surface area contributed by atoms with Crippen molar-refractivity contribution < 1.29 is 9.31 Å². The summed E-state index contributed by atoms with van der Waals surface area (Å²) in [4.78, 5) is 4.30. The Hall–Kier alpha value is -0.865. The van der Waals surface area contributed by atoms with Gasteiger partial charge in [-0.05, 0) is 52.6 Å². The predicted octanol–water partition coefficient (Wildman–Crippen LogP) is 2.72. The van der Waals surface area contributed by atoms with Crippen LogP contribution in [0.1, 0.15) is 33.4 Å². The van der Waals surface area contributed by atoms with E-state index in [4.69, 9.17) is 9.31 Å². The van der Waals surface area contributed by atoms with E-state index in [1.54, 1.807) is 0 Å². The lowest BCUT2D eigenvalue weighted by Crippen LogP contribution is -2.41. The summed E-state index contributed by atoms with van der Waals surface area (Å²) < 4.78 is 11.9. The molecular formula is C13H20BNO2. The number of nitrogens with zero attached hydrogens (tertiary/aromatic N) is 1. The highest BCUT2D eigenvalue weighted by molar-refractivity contribution is 6.45. The SMILES string of the molecule is CC1(C)OB(CCc2ccccn2)OC1(C)C. The van der Waals surface area contributed by atoms with Gasteiger partial charge in [-0.2, -0.15) is 0 Å². The molecule has 0 amide bonds. The van der Waals surface area contributed by atoms with Crippen molar-refractivity contribution in [1.29, 1.82) is 0 Å². The molecule has 0 aromatic carbocycles. The second kappa shape index (κ2) is 4.43. The Morgan fingerprint density at radius 3 is 2.29 bits per heavy atom. The van der Waals surface area contributed by atoms with Crippen LogP contribution in [0.25, 0.3) is 0 Å². The van der Waals surface area contributed by atoms with Crippen molar-refractivity contribution in [3.8, 4) is 0 Å². The van der Waals surface area contributed by atoms with Gasteiger partial charge in [-0.3, -0.25) is 4.98 Å². The predicted molar refractivity (Wildman–Crippen MR) is 68.8 cm³/mol. The van der Waals surface area contributed by atoms with Crippen LogP contribution >= 0.6 is 0 Å². The third-order valence-corrected chi connectivity index (χ3v) is 3.66. The van der Waals surface area contributed by atoms with Gasteiger partial charge in [-0.15, -0.1) is 0 Å². The highest BCUT2D eigenvalue weighted by atomic mass is 16.7. The molecule has 1 aromatic rings. The summed E-state index contributed by atoms with van der Waals surface area (Å²) in [6, 6.07) is 5.97. The zero-order chi connectivity index (χ0) is 12.5. The lowest BCUT2D eigenvalue weighted by Gasteiger charge is -2.32. The molecule has 1 saturated heterocycles. The third-order valence-electron chi connectivity index (χ3n) is 3.66. The van der Waals surface area contributed by atoms with Crippen LogP contribution in [0.2, 0.25) is 6.32 Å². The van der Waals surface area contributed by atoms with E-state index in [2.05, 4.69) is 32.7 Å². The van der Waals surface area contributed by atoms with E-state index >= 15 is 0 Å². The smallest absolute Gasteiger partial charge is 0.403 e. The van der Waals surface area contributed by atoms with Crippen LogP contribution in [-0.4, -0.2) is 23.3 Å². The van der Waals surface area contributed by atoms with Crippen molar-refractivity contribution in [3.63, 3.8) is 0 Å². The first-order valence-corrected chi connectivity index (χ1v) is 6.16. The average molecular weight is 233 g/mol. The maximum atomic E-state index is 5.94. The Morgan fingerprint density at radius 2 is 1.76 bits per heavy atom. The molecule has 2 heterocycles. The first-order chi connectivity index (χ1) is 7.91. The van der Waals surface area contributed by atoms with E-state index in [0.29, 0.717) is 0 Å². The van der Waals surface area contributed by atoms with Gasteiger partial charge in [0.25, 0.3) is 0 Å². The summed E-state index contributed by atoms with van der Waals surface area (Å²) >= 11 is 0. The fourth-order valence-electron chi connectivity index (χ4n) is 1.89. The molecule has 2 rings (SSSR count). The molecule has 0 unspecified atom stereocenters. The first-order valence-electron chi connectivity index (χ1n) is 6.16. The van der Waals surface area contributed by atoms with Crippen LogP contribution in [0, 0.1) is 0 Å². The summed E-state index contributed by atoms with van der Waals surface area (Å²) in [5.41, 5.74) is 0.617. The van der Waals surface area contributed by atoms with Gasteiger partial charge in [0, 0.05) is 11.9 Å². The van der Waals surface area contributed by atoms with E-state index in [0.717, 1.165) is 18.4 Å². The van der Waals surface area contributed by atoms with Crippen LogP contribution in [0.4, 0.5) is 0 Å². The van der Waals surface area contributed by atoms with Crippen molar-refractivity contribution in [2.75, 3.05) is 0 Å². The van der Waals surface area contributed by atoms with Gasteiger partial charge in [0.15, 0.2) is 0 Å². The minimum atomic E-state index is -0.234. The molecule has 0 spiro atoms. The molecule has 0 bridgehead atoms. The van der Waals surface area contributed by atoms with Crippen LogP contribution in [0.3, 0.4) is 0 Å². The topological polar surface area (TPSA) is 31.4 Å². The standard InChI is InChI=1S/C13H20BNO2/c1-12(2)13(3,4)17-14(16-12)9-8-11-7-5-6-10-15-11/h5-7,10H,8-9H2,1-4H3. The number of pyridine rings is 1. The maximum absolute atomic E-state index is 5.94. The molecule has 0 radical (unpaired) electrons. The fourth-order valence-corrected chi connectivity index (χ4v) is 1.89. The maximum Gasteiger partial charge on any atom is 0.458 e. The van der Waals surface area contributed by atoms with Crippen LogP contribution < -0.4 is 0 Å². The molecule has 0 aliphatic carbocycles. The largest absolute Gasteiger partial charge is 0.458 e. The molecule has 1 fully saturated rings. The zero-order valence-corrected chi connectivity index (χ0v) is 11.1. The highest BCUT2D eigenvalue weighted by Crippen LogP contribution is 2.37. The molecule has 0 saturated carbocycles. The Balaban J connectivity index is 1.91. The van der Waals surface area contributed by atoms with E-state index in [-0.39, 0.29) is 18.3 Å². The van der Waals surface area contributed by atoms with Crippen molar-refractivity contribution >= 4 is 7.12 Å². The van der Waals surface area contributed by atoms with Gasteiger partial charge in [-0.25, -0.2) is 0 Å². The van der Waals surface area contributed by atoms with Crippen molar-refractivity contribution in [3.05, 3.63) is 30.1 Å². The average Bonchev–Trinajstić information content (AvgIpc) is 2.46. The summed E-state index contributed by atoms with van der Waals surface area (Å²) in [6.45, 7) is 8.31. The lowest BCUT2D eigenvalue weighted by molar-refractivity contribution is 0.00578. The van der Waals surface area contributed by atoms with Crippen LogP contribution in [0.5, 0.6) is 0 Å². The van der Waals surface area contributed by atoms with Crippen molar-refractivity contribution in [2.24, 2.45) is 0 Å². The minimum Gasteiger partial charge on any atom is -0.403 e. The summed E-state index contributed by atoms with van der Waals surface area (Å²) in [6.07, 6.45) is 3.56. The van der Waals surface area contributed by atoms with Gasteiger partial charge in [0.1, 0.15) is 0 Å². The third kappa shape index (κ3) is 2.69. The van der Waals surface area contributed by atoms with Crippen molar-refractivity contribution in [2.45, 2.75) is 51.6 Å². The molecule has 0 N–H and O–H groups in total. The van der Waals surface area contributed by atoms with Gasteiger partial charge in [-0.1, -0.05) is 6.07 Å². The lowest BCUT2D eigenvalue weighted by atomic mass is 9.82. The van der Waals surface area contributed by atoms with E-state index in [1.807, 2.05) is 24.4 Å². The number of hydrogen-bond donors (Lipinski definition) is 0. The number of aryl methyl sites for hydroxylation is 1. The summed E-state index contributed by atoms with van der Waals surface area (Å²) in [7, 11) is -0.123. The van der Waals surface area contributed by atoms with E-state index < -0.39 is 0 Å². The van der Waals surface area contributed by atoms with E-state index in [1.165, 1.54) is 0 Å². The Labute approximate surface area is 104 Å². The Bertz CT molecular complexity index is 362. The molecule has 0 atom stereocenters. The number of aromatic nitrogens is 1. The van der Waals surface area contributed by atoms with Gasteiger partial charge >= 0.3 is 7.12 Å². The Kier molecular flexibility index (Phi) is 3.28. The zero-order valence-electron chi connectivity index (χ0n) is 11.1. The monoisotopic (exact) mass is 233 g/mol. The molecule has 1 aliphatic heterocycles. The van der Waals surface area contributed by atoms with Gasteiger partial charge in [0.2, 0.25) is 0 Å². The second-order valence-corrected chi connectivity index (χ2v) is 5.55. The van der Waals surface area contributed by atoms with Crippen LogP contribution in [-0.2, 0) is 15.7 Å². The van der Waals surface area contributed by atoms with E-state index in [9.17, 15) is 0 Å². The summed E-state index contributed by atoms with van der Waals surface area (Å²) in [5.74, 6) is 0. The molecule has 1 aromatic heterocycles. The molecule has 92 valence electrons. The molecule has 17 heavy (non-hydrogen) atoms. The van der Waals surface area contributed by atoms with Gasteiger partial charge < -0.3 is 9.31 Å². The summed E-state index contributed by atoms with van der Waals surface area (Å²) in [5, 5.41) is 0. The highest BCUT2D eigenvalue weighted by Gasteiger charge is 2.50. The second-order valence-electron chi connectivity index (χ2n) is 5.55. The molecule has 4 heteroatoms. The number of rotatable bonds is 3. The fraction of sp³-hybridized carbons (Fsp3) is 0.615.